The molecule has 0 radical (unpaired) electrons. The van der Waals surface area contributed by atoms with E-state index in [0.29, 0.717) is 34.3 Å². The van der Waals surface area contributed by atoms with Gasteiger partial charge in [-0.1, -0.05) is 18.9 Å². The third-order valence-corrected chi connectivity index (χ3v) is 10.5. The summed E-state index contributed by atoms with van der Waals surface area (Å²) in [5.74, 6) is -0.324. The van der Waals surface area contributed by atoms with Gasteiger partial charge in [-0.2, -0.15) is 15.2 Å². The van der Waals surface area contributed by atoms with Crippen molar-refractivity contribution in [3.63, 3.8) is 0 Å². The Hall–Kier alpha value is -3.55. The Morgan fingerprint density at radius 2 is 1.79 bits per heavy atom. The first kappa shape index (κ1) is 27.3. The summed E-state index contributed by atoms with van der Waals surface area (Å²) < 4.78 is 38.3. The number of aromatic nitrogens is 2. The number of nitriles is 1. The van der Waals surface area contributed by atoms with Crippen LogP contribution in [0.4, 0.5) is 19.6 Å². The maximum Gasteiger partial charge on any atom is 0.319 e. The third kappa shape index (κ3) is 4.36. The first-order valence-corrected chi connectivity index (χ1v) is 15.8. The maximum absolute atomic E-state index is 16.9. The van der Waals surface area contributed by atoms with E-state index in [1.807, 2.05) is 13.0 Å². The molecule has 3 saturated heterocycles. The minimum Gasteiger partial charge on any atom is -0.461 e. The van der Waals surface area contributed by atoms with Gasteiger partial charge in [0.1, 0.15) is 34.8 Å². The van der Waals surface area contributed by atoms with Crippen molar-refractivity contribution in [1.82, 2.24) is 14.9 Å². The van der Waals surface area contributed by atoms with Gasteiger partial charge in [0, 0.05) is 29.4 Å². The van der Waals surface area contributed by atoms with Gasteiger partial charge in [-0.05, 0) is 81.8 Å². The molecule has 10 heteroatoms. The molecule has 2 aromatic heterocycles. The summed E-state index contributed by atoms with van der Waals surface area (Å²) in [7, 11) is 0. The van der Waals surface area contributed by atoms with Gasteiger partial charge in [0.25, 0.3) is 0 Å². The number of nitrogen functional groups attached to an aromatic ring is 1. The van der Waals surface area contributed by atoms with E-state index in [2.05, 4.69) is 20.9 Å². The topological polar surface area (TPSA) is 91.3 Å². The van der Waals surface area contributed by atoms with Crippen molar-refractivity contribution < 1.29 is 13.5 Å². The molecular formula is C32H34F2N6OS. The third-order valence-electron chi connectivity index (χ3n) is 9.47. The number of aryl methyl sites for hydroxylation is 1. The molecule has 0 amide bonds. The van der Waals surface area contributed by atoms with Crippen LogP contribution >= 0.6 is 11.3 Å². The predicted octanol–water partition coefficient (Wildman–Crippen LogP) is 6.94. The van der Waals surface area contributed by atoms with Crippen molar-refractivity contribution in [3.8, 4) is 23.2 Å². The summed E-state index contributed by atoms with van der Waals surface area (Å²) in [6.45, 7) is 6.16. The highest BCUT2D eigenvalue weighted by Gasteiger charge is 2.45. The van der Waals surface area contributed by atoms with Crippen molar-refractivity contribution in [3.05, 3.63) is 41.0 Å². The van der Waals surface area contributed by atoms with Crippen LogP contribution in [0, 0.1) is 29.9 Å². The van der Waals surface area contributed by atoms with Gasteiger partial charge < -0.3 is 15.4 Å². The number of benzene rings is 2. The van der Waals surface area contributed by atoms with Crippen LogP contribution in [0.3, 0.4) is 0 Å². The van der Waals surface area contributed by atoms with E-state index in [9.17, 15) is 9.65 Å². The maximum atomic E-state index is 16.9. The van der Waals surface area contributed by atoms with Crippen molar-refractivity contribution in [1.29, 1.82) is 5.26 Å². The Morgan fingerprint density at radius 1 is 1.05 bits per heavy atom. The standard InChI is InChI=1S/C32H34F2N6OS/c1-19-16-21-27(26(34)24(19)20-8-9-23(33)28-25(20)22(17-35)29(36)42-28)37-31(38-30(21)39-12-4-2-3-5-13-39)41-18-32-10-6-14-40(32)15-7-11-32/h8-9,16H,2-7,10-15,18,36H2,1H3. The smallest absolute Gasteiger partial charge is 0.319 e. The summed E-state index contributed by atoms with van der Waals surface area (Å²) in [6, 6.07) is 7.05. The Labute approximate surface area is 247 Å². The monoisotopic (exact) mass is 588 g/mol. The first-order valence-electron chi connectivity index (χ1n) is 14.9. The Morgan fingerprint density at radius 3 is 2.50 bits per heavy atom. The predicted molar refractivity (Wildman–Crippen MR) is 163 cm³/mol. The molecule has 0 atom stereocenters. The van der Waals surface area contributed by atoms with E-state index >= 15 is 4.39 Å². The number of thiophene rings is 1. The number of rotatable bonds is 5. The number of hydrogen-bond acceptors (Lipinski definition) is 8. The minimum atomic E-state index is -0.531. The fourth-order valence-corrected chi connectivity index (χ4v) is 8.35. The second-order valence-electron chi connectivity index (χ2n) is 12.0. The molecule has 0 saturated carbocycles. The zero-order valence-electron chi connectivity index (χ0n) is 23.8. The molecule has 3 aliphatic heterocycles. The van der Waals surface area contributed by atoms with Crippen molar-refractivity contribution in [2.24, 2.45) is 0 Å². The zero-order chi connectivity index (χ0) is 29.0. The number of fused-ring (bicyclic) bond motifs is 3. The quantitative estimate of drug-likeness (QED) is 0.270. The van der Waals surface area contributed by atoms with Crippen LogP contribution in [-0.4, -0.2) is 53.2 Å². The summed E-state index contributed by atoms with van der Waals surface area (Å²) in [5, 5.41) is 11.0. The molecule has 0 aliphatic carbocycles. The van der Waals surface area contributed by atoms with Gasteiger partial charge in [-0.15, -0.1) is 11.3 Å². The largest absolute Gasteiger partial charge is 0.461 e. The molecule has 0 spiro atoms. The second-order valence-corrected chi connectivity index (χ2v) is 13.0. The van der Waals surface area contributed by atoms with Gasteiger partial charge in [-0.3, -0.25) is 4.90 Å². The van der Waals surface area contributed by atoms with Crippen LogP contribution in [0.2, 0.25) is 0 Å². The molecule has 7 rings (SSSR count). The SMILES string of the molecule is Cc1cc2c(N3CCCCCC3)nc(OCC34CCCN3CCC4)nc2c(F)c1-c1ccc(F)c2sc(N)c(C#N)c12. The number of nitrogens with zero attached hydrogens (tertiary/aromatic N) is 5. The van der Waals surface area contributed by atoms with Crippen molar-refractivity contribution in [2.45, 2.75) is 63.8 Å². The summed E-state index contributed by atoms with van der Waals surface area (Å²) in [4.78, 5) is 14.4. The molecule has 3 aliphatic rings. The fourth-order valence-electron chi connectivity index (χ4n) is 7.41. The molecule has 4 aromatic rings. The minimum absolute atomic E-state index is 0.00432. The number of ether oxygens (including phenoxy) is 1. The average Bonchev–Trinajstić information content (AvgIpc) is 3.58. The normalized spacial score (nSPS) is 18.9. The Balaban J connectivity index is 1.40. The number of nitrogens with two attached hydrogens (primary N) is 1. The van der Waals surface area contributed by atoms with Gasteiger partial charge in [0.05, 0.1) is 15.8 Å². The first-order chi connectivity index (χ1) is 20.4. The highest BCUT2D eigenvalue weighted by Crippen LogP contribution is 2.45. The van der Waals surface area contributed by atoms with Crippen LogP contribution in [0.1, 0.15) is 62.5 Å². The van der Waals surface area contributed by atoms with Crippen LogP contribution in [-0.2, 0) is 0 Å². The molecular weight excluding hydrogens is 554 g/mol. The lowest BCUT2D eigenvalue weighted by molar-refractivity contribution is 0.108. The van der Waals surface area contributed by atoms with E-state index in [-0.39, 0.29) is 37.9 Å². The van der Waals surface area contributed by atoms with E-state index in [4.69, 9.17) is 15.5 Å². The molecule has 5 heterocycles. The Bertz CT molecular complexity index is 1730. The molecule has 0 bridgehead atoms. The lowest BCUT2D eigenvalue weighted by Gasteiger charge is -2.31. The van der Waals surface area contributed by atoms with Gasteiger partial charge in [0.2, 0.25) is 0 Å². The van der Waals surface area contributed by atoms with Crippen LogP contribution in [0.5, 0.6) is 6.01 Å². The van der Waals surface area contributed by atoms with Crippen LogP contribution in [0.15, 0.2) is 18.2 Å². The van der Waals surface area contributed by atoms with Crippen LogP contribution < -0.4 is 15.4 Å². The van der Waals surface area contributed by atoms with E-state index in [1.165, 1.54) is 12.1 Å². The second kappa shape index (κ2) is 10.6. The highest BCUT2D eigenvalue weighted by molar-refractivity contribution is 7.23. The van der Waals surface area contributed by atoms with Gasteiger partial charge >= 0.3 is 6.01 Å². The van der Waals surface area contributed by atoms with E-state index < -0.39 is 11.6 Å². The molecule has 2 aromatic carbocycles. The average molecular weight is 589 g/mol. The number of hydrogen-bond donors (Lipinski definition) is 1. The lowest BCUT2D eigenvalue weighted by Crippen LogP contribution is -2.43. The Kier molecular flexibility index (Phi) is 6.90. The number of anilines is 2. The molecule has 42 heavy (non-hydrogen) atoms. The summed E-state index contributed by atoms with van der Waals surface area (Å²) >= 11 is 1.01. The summed E-state index contributed by atoms with van der Waals surface area (Å²) in [6.07, 6.45) is 8.89. The van der Waals surface area contributed by atoms with Crippen LogP contribution in [0.25, 0.3) is 32.1 Å². The summed E-state index contributed by atoms with van der Waals surface area (Å²) in [5.41, 5.74) is 7.80. The zero-order valence-corrected chi connectivity index (χ0v) is 24.6. The molecule has 0 unspecified atom stereocenters. The fraction of sp³-hybridized carbons (Fsp3) is 0.469. The van der Waals surface area contributed by atoms with Crippen molar-refractivity contribution in [2.75, 3.05) is 43.4 Å². The number of halogens is 2. The molecule has 3 fully saturated rings. The van der Waals surface area contributed by atoms with Gasteiger partial charge in [0.15, 0.2) is 5.82 Å². The van der Waals surface area contributed by atoms with Crippen molar-refractivity contribution >= 4 is 43.1 Å². The molecule has 2 N–H and O–H groups in total. The molecule has 218 valence electrons. The van der Waals surface area contributed by atoms with Gasteiger partial charge in [-0.25, -0.2) is 8.78 Å². The highest BCUT2D eigenvalue weighted by atomic mass is 32.1. The van der Waals surface area contributed by atoms with E-state index in [0.717, 1.165) is 88.9 Å². The lowest BCUT2D eigenvalue weighted by atomic mass is 9.93. The van der Waals surface area contributed by atoms with E-state index in [1.54, 1.807) is 0 Å². The molecule has 7 nitrogen and oxygen atoms in total.